The van der Waals surface area contributed by atoms with Crippen LogP contribution < -0.4 is 5.32 Å². The van der Waals surface area contributed by atoms with E-state index in [-0.39, 0.29) is 16.6 Å². The second kappa shape index (κ2) is 6.08. The first-order valence-electron chi connectivity index (χ1n) is 6.78. The molecule has 1 unspecified atom stereocenters. The van der Waals surface area contributed by atoms with Crippen LogP contribution >= 0.6 is 0 Å². The summed E-state index contributed by atoms with van der Waals surface area (Å²) in [6, 6.07) is 4.29. The van der Waals surface area contributed by atoms with Gasteiger partial charge in [0.05, 0.1) is 4.92 Å². The molecule has 0 saturated carbocycles. The van der Waals surface area contributed by atoms with Crippen molar-refractivity contribution in [1.82, 2.24) is 9.62 Å². The minimum Gasteiger partial charge on any atom is -0.316 e. The maximum absolute atomic E-state index is 12.7. The van der Waals surface area contributed by atoms with Gasteiger partial charge in [-0.15, -0.1) is 0 Å². The van der Waals surface area contributed by atoms with E-state index >= 15 is 0 Å². The Morgan fingerprint density at radius 1 is 1.43 bits per heavy atom. The Bertz CT molecular complexity index is 645. The van der Waals surface area contributed by atoms with Crippen LogP contribution in [0.2, 0.25) is 0 Å². The van der Waals surface area contributed by atoms with Crippen molar-refractivity contribution >= 4 is 15.7 Å². The highest BCUT2D eigenvalue weighted by atomic mass is 32.2. The maximum Gasteiger partial charge on any atom is 0.289 e. The van der Waals surface area contributed by atoms with E-state index in [1.807, 2.05) is 0 Å². The van der Waals surface area contributed by atoms with Crippen molar-refractivity contribution in [1.29, 1.82) is 0 Å². The fourth-order valence-corrected chi connectivity index (χ4v) is 4.19. The zero-order chi connectivity index (χ0) is 15.6. The summed E-state index contributed by atoms with van der Waals surface area (Å²) in [5.41, 5.74) is 0.300. The van der Waals surface area contributed by atoms with Crippen molar-refractivity contribution in [3.8, 4) is 0 Å². The van der Waals surface area contributed by atoms with E-state index < -0.39 is 14.9 Å². The third kappa shape index (κ3) is 3.22. The van der Waals surface area contributed by atoms with Gasteiger partial charge < -0.3 is 5.32 Å². The Morgan fingerprint density at radius 3 is 2.76 bits per heavy atom. The lowest BCUT2D eigenvalue weighted by Gasteiger charge is -2.31. The molecule has 1 heterocycles. The number of hydrogen-bond donors (Lipinski definition) is 1. The minimum absolute atomic E-state index is 0.0815. The Balaban J connectivity index is 2.42. The smallest absolute Gasteiger partial charge is 0.289 e. The van der Waals surface area contributed by atoms with E-state index in [1.54, 1.807) is 20.0 Å². The summed E-state index contributed by atoms with van der Waals surface area (Å²) in [6.45, 7) is 2.43. The van der Waals surface area contributed by atoms with Gasteiger partial charge in [-0.05, 0) is 38.4 Å². The Kier molecular flexibility index (Phi) is 4.60. The van der Waals surface area contributed by atoms with E-state index in [2.05, 4.69) is 5.32 Å². The largest absolute Gasteiger partial charge is 0.316 e. The molecule has 21 heavy (non-hydrogen) atoms. The van der Waals surface area contributed by atoms with Crippen molar-refractivity contribution in [2.75, 3.05) is 20.1 Å². The van der Waals surface area contributed by atoms with Crippen LogP contribution in [0.5, 0.6) is 0 Å². The molecule has 1 aliphatic rings. The molecule has 8 heteroatoms. The number of nitro benzene ring substituents is 1. The van der Waals surface area contributed by atoms with Crippen LogP contribution in [0.4, 0.5) is 5.69 Å². The molecule has 116 valence electrons. The molecule has 0 aliphatic carbocycles. The fraction of sp³-hybridized carbons (Fsp3) is 0.538. The number of benzene rings is 1. The third-order valence-electron chi connectivity index (χ3n) is 3.72. The zero-order valence-electron chi connectivity index (χ0n) is 12.1. The van der Waals surface area contributed by atoms with Crippen LogP contribution in [0.3, 0.4) is 0 Å². The predicted octanol–water partition coefficient (Wildman–Crippen LogP) is 1.28. The number of rotatable bonds is 4. The van der Waals surface area contributed by atoms with Crippen LogP contribution in [0.15, 0.2) is 23.1 Å². The Hall–Kier alpha value is -1.51. The van der Waals surface area contributed by atoms with Gasteiger partial charge in [0, 0.05) is 25.2 Å². The lowest BCUT2D eigenvalue weighted by molar-refractivity contribution is -0.387. The molecule has 1 saturated heterocycles. The molecule has 0 amide bonds. The van der Waals surface area contributed by atoms with Gasteiger partial charge in [-0.2, -0.15) is 4.31 Å². The monoisotopic (exact) mass is 313 g/mol. The quantitative estimate of drug-likeness (QED) is 0.667. The van der Waals surface area contributed by atoms with Crippen molar-refractivity contribution in [3.63, 3.8) is 0 Å². The average Bonchev–Trinajstić information content (AvgIpc) is 2.46. The molecule has 2 rings (SSSR count). The summed E-state index contributed by atoms with van der Waals surface area (Å²) < 4.78 is 26.7. The first kappa shape index (κ1) is 15.9. The van der Waals surface area contributed by atoms with Gasteiger partial charge in [0.15, 0.2) is 4.90 Å². The molecule has 0 radical (unpaired) electrons. The fourth-order valence-electron chi connectivity index (χ4n) is 2.52. The molecule has 1 atom stereocenters. The molecule has 0 spiro atoms. The van der Waals surface area contributed by atoms with Gasteiger partial charge in [-0.1, -0.05) is 6.07 Å². The zero-order valence-corrected chi connectivity index (χ0v) is 12.9. The number of sulfonamides is 1. The lowest BCUT2D eigenvalue weighted by atomic mass is 10.1. The molecule has 0 bridgehead atoms. The van der Waals surface area contributed by atoms with E-state index in [1.165, 1.54) is 16.4 Å². The van der Waals surface area contributed by atoms with Gasteiger partial charge >= 0.3 is 0 Å². The molecule has 0 aromatic heterocycles. The molecule has 7 nitrogen and oxygen atoms in total. The van der Waals surface area contributed by atoms with Gasteiger partial charge in [0.1, 0.15) is 0 Å². The number of aryl methyl sites for hydroxylation is 1. The highest BCUT2D eigenvalue weighted by Gasteiger charge is 2.34. The second-order valence-electron chi connectivity index (χ2n) is 5.22. The highest BCUT2D eigenvalue weighted by molar-refractivity contribution is 7.89. The normalized spacial score (nSPS) is 20.4. The average molecular weight is 313 g/mol. The summed E-state index contributed by atoms with van der Waals surface area (Å²) >= 11 is 0. The third-order valence-corrected chi connectivity index (χ3v) is 5.63. The molecule has 1 fully saturated rings. The first-order valence-corrected chi connectivity index (χ1v) is 8.22. The van der Waals surface area contributed by atoms with E-state index in [0.717, 1.165) is 12.8 Å². The van der Waals surface area contributed by atoms with Crippen molar-refractivity contribution in [2.45, 2.75) is 30.7 Å². The molecular formula is C13H19N3O4S. The van der Waals surface area contributed by atoms with Crippen LogP contribution in [-0.2, 0) is 10.0 Å². The van der Waals surface area contributed by atoms with Gasteiger partial charge in [-0.3, -0.25) is 10.1 Å². The van der Waals surface area contributed by atoms with Gasteiger partial charge in [0.2, 0.25) is 10.0 Å². The van der Waals surface area contributed by atoms with Crippen LogP contribution in [0.25, 0.3) is 0 Å². The van der Waals surface area contributed by atoms with E-state index in [0.29, 0.717) is 18.7 Å². The lowest BCUT2D eigenvalue weighted by Crippen LogP contribution is -2.46. The van der Waals surface area contributed by atoms with Gasteiger partial charge in [-0.25, -0.2) is 8.42 Å². The minimum atomic E-state index is -3.85. The number of piperidine rings is 1. The van der Waals surface area contributed by atoms with Crippen molar-refractivity contribution < 1.29 is 13.3 Å². The molecule has 1 N–H and O–H groups in total. The standard InChI is InChI=1S/C13H19N3O4S/c1-10-5-6-13(12(8-10)16(17)18)21(19,20)15-7-3-4-11(9-15)14-2/h5-6,8,11,14H,3-4,7,9H2,1-2H3. The van der Waals surface area contributed by atoms with Crippen LogP contribution in [0.1, 0.15) is 18.4 Å². The number of nitrogens with one attached hydrogen (secondary N) is 1. The number of likely N-dealkylation sites (N-methyl/N-ethyl adjacent to an activating group) is 1. The molecule has 1 aromatic carbocycles. The summed E-state index contributed by atoms with van der Waals surface area (Å²) in [7, 11) is -2.06. The van der Waals surface area contributed by atoms with Crippen molar-refractivity contribution in [3.05, 3.63) is 33.9 Å². The Morgan fingerprint density at radius 2 is 2.14 bits per heavy atom. The number of nitro groups is 1. The topological polar surface area (TPSA) is 92.6 Å². The van der Waals surface area contributed by atoms with E-state index in [9.17, 15) is 18.5 Å². The molecule has 1 aliphatic heterocycles. The maximum atomic E-state index is 12.7. The SMILES string of the molecule is CNC1CCCN(S(=O)(=O)c2ccc(C)cc2[N+](=O)[O-])C1. The summed E-state index contributed by atoms with van der Waals surface area (Å²) in [4.78, 5) is 10.3. The molecule has 1 aromatic rings. The van der Waals surface area contributed by atoms with Crippen LogP contribution in [0, 0.1) is 17.0 Å². The number of hydrogen-bond acceptors (Lipinski definition) is 5. The first-order chi connectivity index (χ1) is 9.86. The summed E-state index contributed by atoms with van der Waals surface area (Å²) in [5.74, 6) is 0. The predicted molar refractivity (Wildman–Crippen MR) is 78.7 cm³/mol. The molecular weight excluding hydrogens is 294 g/mol. The Labute approximate surface area is 124 Å². The number of nitrogens with zero attached hydrogens (tertiary/aromatic N) is 2. The summed E-state index contributed by atoms with van der Waals surface area (Å²) in [6.07, 6.45) is 1.64. The van der Waals surface area contributed by atoms with Crippen LogP contribution in [-0.4, -0.2) is 43.8 Å². The highest BCUT2D eigenvalue weighted by Crippen LogP contribution is 2.29. The summed E-state index contributed by atoms with van der Waals surface area (Å²) in [5, 5.41) is 14.2. The van der Waals surface area contributed by atoms with Gasteiger partial charge in [0.25, 0.3) is 5.69 Å². The van der Waals surface area contributed by atoms with E-state index in [4.69, 9.17) is 0 Å². The van der Waals surface area contributed by atoms with Crippen molar-refractivity contribution in [2.24, 2.45) is 0 Å². The second-order valence-corrected chi connectivity index (χ2v) is 7.13.